The first-order valence-electron chi connectivity index (χ1n) is 20.0. The number of benzene rings is 4. The zero-order valence-electron chi connectivity index (χ0n) is 32.1. The van der Waals surface area contributed by atoms with Crippen LogP contribution in [0.1, 0.15) is 53.2 Å². The molecular formula is C45H49N7O5. The number of ether oxygens (including phenoxy) is 2. The molecule has 0 aliphatic carbocycles. The number of likely N-dealkylation sites (tertiary alicyclic amines) is 1. The first-order valence-corrected chi connectivity index (χ1v) is 20.0. The molecule has 1 atom stereocenters. The maximum absolute atomic E-state index is 13.4. The van der Waals surface area contributed by atoms with Crippen LogP contribution in [0.3, 0.4) is 0 Å². The van der Waals surface area contributed by atoms with E-state index in [2.05, 4.69) is 34.5 Å². The van der Waals surface area contributed by atoms with Gasteiger partial charge < -0.3 is 35.2 Å². The number of anilines is 2. The number of carbonyl (C=O) groups is 3. The van der Waals surface area contributed by atoms with Crippen LogP contribution in [0.2, 0.25) is 0 Å². The lowest BCUT2D eigenvalue weighted by Crippen LogP contribution is -2.48. The van der Waals surface area contributed by atoms with E-state index in [1.165, 1.54) is 0 Å². The van der Waals surface area contributed by atoms with E-state index < -0.39 is 5.91 Å². The van der Waals surface area contributed by atoms with Gasteiger partial charge in [0.15, 0.2) is 0 Å². The van der Waals surface area contributed by atoms with Crippen molar-refractivity contribution in [1.29, 1.82) is 0 Å². The fraction of sp³-hybridized carbons (Fsp3) is 0.333. The minimum atomic E-state index is -0.518. The second kappa shape index (κ2) is 17.2. The summed E-state index contributed by atoms with van der Waals surface area (Å²) in [5, 5.41) is 8.40. The van der Waals surface area contributed by atoms with E-state index in [1.807, 2.05) is 94.5 Å². The van der Waals surface area contributed by atoms with Crippen molar-refractivity contribution >= 4 is 29.4 Å². The minimum absolute atomic E-state index is 0.0981. The number of aromatic nitrogens is 2. The molecular weight excluding hydrogens is 719 g/mol. The molecule has 0 spiro atoms. The van der Waals surface area contributed by atoms with Crippen molar-refractivity contribution in [3.05, 3.63) is 126 Å². The van der Waals surface area contributed by atoms with Crippen LogP contribution in [-0.4, -0.2) is 83.3 Å². The lowest BCUT2D eigenvalue weighted by Gasteiger charge is -2.38. The molecule has 3 aliphatic heterocycles. The summed E-state index contributed by atoms with van der Waals surface area (Å²) in [6, 6.07) is 35.4. The van der Waals surface area contributed by atoms with Crippen molar-refractivity contribution in [2.24, 2.45) is 11.7 Å². The van der Waals surface area contributed by atoms with Crippen LogP contribution in [-0.2, 0) is 22.6 Å². The second-order valence-electron chi connectivity index (χ2n) is 15.0. The number of rotatable bonds is 11. The lowest BCUT2D eigenvalue weighted by molar-refractivity contribution is -0.132. The van der Waals surface area contributed by atoms with Gasteiger partial charge in [-0.1, -0.05) is 60.7 Å². The van der Waals surface area contributed by atoms with Crippen molar-refractivity contribution < 1.29 is 23.9 Å². The summed E-state index contributed by atoms with van der Waals surface area (Å²) in [4.78, 5) is 44.8. The summed E-state index contributed by atoms with van der Waals surface area (Å²) in [5.41, 5.74) is 10.9. The van der Waals surface area contributed by atoms with Gasteiger partial charge in [0, 0.05) is 63.5 Å². The molecule has 294 valence electrons. The molecule has 3 amide bonds. The Morgan fingerprint density at radius 2 is 1.39 bits per heavy atom. The van der Waals surface area contributed by atoms with Gasteiger partial charge >= 0.3 is 6.09 Å². The Kier molecular flexibility index (Phi) is 11.4. The summed E-state index contributed by atoms with van der Waals surface area (Å²) in [6.07, 6.45) is 3.49. The number of aryl methyl sites for hydroxylation is 1. The second-order valence-corrected chi connectivity index (χ2v) is 15.0. The normalized spacial score (nSPS) is 17.1. The number of carbonyl (C=O) groups excluding carboxylic acids is 3. The van der Waals surface area contributed by atoms with Gasteiger partial charge in [0.25, 0.3) is 5.91 Å². The Balaban J connectivity index is 0.814. The number of amides is 3. The molecule has 0 unspecified atom stereocenters. The summed E-state index contributed by atoms with van der Waals surface area (Å²) >= 11 is 0. The highest BCUT2D eigenvalue weighted by atomic mass is 16.6. The Bertz CT molecular complexity index is 2140. The standard InChI is InChI=1S/C45H49N7O5/c46-43(54)41-42(35-14-18-38(19-15-35)57-37-9-5-2-6-10-37)48-52-39(21-24-47-44(41)52)34-22-25-50(26-23-34)40(53)20-13-32-11-16-36(17-12-32)49-27-29-51(30-28-49)45(55)56-31-33-7-3-1-4-8-33/h1-12,14-19,34,39,47H,13,20-31H2,(H2,46,54)/t39-/m0/s1. The quantitative estimate of drug-likeness (QED) is 0.145. The van der Waals surface area contributed by atoms with Crippen LogP contribution in [0.4, 0.5) is 16.3 Å². The van der Waals surface area contributed by atoms with Gasteiger partial charge in [-0.2, -0.15) is 5.10 Å². The Hall–Kier alpha value is -6.30. The number of nitrogens with one attached hydrogen (secondary N) is 1. The number of fused-ring (bicyclic) bond motifs is 1. The van der Waals surface area contributed by atoms with E-state index in [0.29, 0.717) is 67.8 Å². The van der Waals surface area contributed by atoms with Crippen molar-refractivity contribution in [2.75, 3.05) is 56.0 Å². The number of hydrogen-bond donors (Lipinski definition) is 2. The van der Waals surface area contributed by atoms with Gasteiger partial charge in [-0.3, -0.25) is 9.59 Å². The van der Waals surface area contributed by atoms with Crippen LogP contribution in [0.5, 0.6) is 11.5 Å². The summed E-state index contributed by atoms with van der Waals surface area (Å²) in [7, 11) is 0. The Labute approximate surface area is 333 Å². The predicted octanol–water partition coefficient (Wildman–Crippen LogP) is 7.13. The molecule has 3 N–H and O–H groups in total. The average Bonchev–Trinajstić information content (AvgIpc) is 3.67. The number of para-hydroxylation sites is 1. The molecule has 3 aliphatic rings. The van der Waals surface area contributed by atoms with E-state index >= 15 is 0 Å². The third-order valence-electron chi connectivity index (χ3n) is 11.4. The fourth-order valence-corrected chi connectivity index (χ4v) is 8.26. The zero-order valence-corrected chi connectivity index (χ0v) is 32.1. The predicted molar refractivity (Wildman–Crippen MR) is 219 cm³/mol. The number of piperidine rings is 1. The average molecular weight is 768 g/mol. The van der Waals surface area contributed by atoms with Crippen molar-refractivity contribution in [3.8, 4) is 22.8 Å². The van der Waals surface area contributed by atoms with Gasteiger partial charge in [-0.25, -0.2) is 9.48 Å². The summed E-state index contributed by atoms with van der Waals surface area (Å²) < 4.78 is 13.5. The molecule has 12 heteroatoms. The third-order valence-corrected chi connectivity index (χ3v) is 11.4. The van der Waals surface area contributed by atoms with Crippen molar-refractivity contribution in [1.82, 2.24) is 19.6 Å². The lowest BCUT2D eigenvalue weighted by atomic mass is 9.86. The van der Waals surface area contributed by atoms with Gasteiger partial charge in [-0.05, 0) is 91.3 Å². The maximum Gasteiger partial charge on any atom is 0.410 e. The molecule has 0 bridgehead atoms. The summed E-state index contributed by atoms with van der Waals surface area (Å²) in [6.45, 7) is 5.09. The molecule has 57 heavy (non-hydrogen) atoms. The van der Waals surface area contributed by atoms with Crippen LogP contribution in [0.15, 0.2) is 109 Å². The van der Waals surface area contributed by atoms with Gasteiger partial charge in [0.05, 0.1) is 6.04 Å². The highest BCUT2D eigenvalue weighted by molar-refractivity contribution is 6.03. The van der Waals surface area contributed by atoms with E-state index in [-0.39, 0.29) is 24.6 Å². The Morgan fingerprint density at radius 1 is 0.719 bits per heavy atom. The van der Waals surface area contributed by atoms with Gasteiger partial charge in [0.1, 0.15) is 35.2 Å². The van der Waals surface area contributed by atoms with E-state index in [9.17, 15) is 14.4 Å². The van der Waals surface area contributed by atoms with E-state index in [4.69, 9.17) is 20.3 Å². The number of piperazine rings is 1. The smallest absolute Gasteiger partial charge is 0.410 e. The highest BCUT2D eigenvalue weighted by Crippen LogP contribution is 2.40. The molecule has 0 radical (unpaired) electrons. The molecule has 12 nitrogen and oxygen atoms in total. The topological polar surface area (TPSA) is 135 Å². The van der Waals surface area contributed by atoms with Crippen LogP contribution >= 0.6 is 0 Å². The number of nitrogens with two attached hydrogens (primary N) is 1. The molecule has 4 heterocycles. The summed E-state index contributed by atoms with van der Waals surface area (Å²) in [5.74, 6) is 2.08. The molecule has 1 aromatic heterocycles. The molecule has 4 aromatic carbocycles. The van der Waals surface area contributed by atoms with Gasteiger partial charge in [-0.15, -0.1) is 0 Å². The number of nitrogens with zero attached hydrogens (tertiary/aromatic N) is 5. The number of primary amides is 1. The van der Waals surface area contributed by atoms with Gasteiger partial charge in [0.2, 0.25) is 5.91 Å². The van der Waals surface area contributed by atoms with Crippen LogP contribution in [0, 0.1) is 5.92 Å². The minimum Gasteiger partial charge on any atom is -0.457 e. The largest absolute Gasteiger partial charge is 0.457 e. The zero-order chi connectivity index (χ0) is 39.1. The monoisotopic (exact) mass is 767 g/mol. The molecule has 8 rings (SSSR count). The maximum atomic E-state index is 13.4. The molecule has 0 saturated carbocycles. The molecule has 5 aromatic rings. The first-order chi connectivity index (χ1) is 27.9. The van der Waals surface area contributed by atoms with Crippen molar-refractivity contribution in [2.45, 2.75) is 44.8 Å². The van der Waals surface area contributed by atoms with Crippen molar-refractivity contribution in [3.63, 3.8) is 0 Å². The Morgan fingerprint density at radius 3 is 2.07 bits per heavy atom. The fourth-order valence-electron chi connectivity index (χ4n) is 8.26. The highest BCUT2D eigenvalue weighted by Gasteiger charge is 2.36. The van der Waals surface area contributed by atoms with Crippen LogP contribution < -0.4 is 20.7 Å². The SMILES string of the molecule is NC(=O)c1c(-c2ccc(Oc3ccccc3)cc2)nn2c1NCC[C@H]2C1CCN(C(=O)CCc2ccc(N3CCN(C(=O)OCc4ccccc4)CC3)cc2)CC1. The van der Waals surface area contributed by atoms with E-state index in [0.717, 1.165) is 67.0 Å². The van der Waals surface area contributed by atoms with E-state index in [1.54, 1.807) is 4.90 Å². The number of hydrogen-bond acceptors (Lipinski definition) is 8. The third kappa shape index (κ3) is 8.75. The van der Waals surface area contributed by atoms with Crippen LogP contribution in [0.25, 0.3) is 11.3 Å². The molecule has 2 fully saturated rings. The first kappa shape index (κ1) is 37.6. The molecule has 2 saturated heterocycles.